The van der Waals surface area contributed by atoms with Crippen molar-refractivity contribution in [2.45, 2.75) is 7.43 Å². The molecule has 0 aromatic carbocycles. The predicted octanol–water partition coefficient (Wildman–Crippen LogP) is 0.137. The van der Waals surface area contributed by atoms with Crippen molar-refractivity contribution in [1.29, 1.82) is 0 Å². The van der Waals surface area contributed by atoms with Crippen molar-refractivity contribution >= 4 is 6.15 Å². The smallest absolute Gasteiger partial charge is 0.255 e. The van der Waals surface area contributed by atoms with Crippen LogP contribution in [-0.2, 0) is 9.59 Å². The van der Waals surface area contributed by atoms with Crippen LogP contribution < -0.4 is 0 Å². The van der Waals surface area contributed by atoms with Crippen LogP contribution in [-0.4, -0.2) is 16.7 Å². The fourth-order valence-corrected chi connectivity index (χ4v) is 0. The molecule has 0 rings (SSSR count). The maximum Gasteiger partial charge on any atom is 0.373 e. The van der Waals surface area contributed by atoms with Crippen LogP contribution in [0.25, 0.3) is 0 Å². The normalized spacial score (nSPS) is 2.25. The summed E-state index contributed by atoms with van der Waals surface area (Å²) in [6, 6.07) is 0. The maximum atomic E-state index is 8.12. The standard InChI is InChI=1S/CO2.CH4.H2O2.O2/c2-1-3;;2*1-2/h;1H4;1-2H;. The van der Waals surface area contributed by atoms with Gasteiger partial charge in [0.2, 0.25) is 0 Å². The topological polar surface area (TPSA) is 109 Å². The molecule has 0 aliphatic rings. The first kappa shape index (κ1) is 28.6. The summed E-state index contributed by atoms with van der Waals surface area (Å²) in [5.74, 6) is 0. The first-order chi connectivity index (χ1) is 3.41. The van der Waals surface area contributed by atoms with Gasteiger partial charge in [-0.2, -0.15) is 9.59 Å². The van der Waals surface area contributed by atoms with Crippen molar-refractivity contribution in [3.05, 3.63) is 9.93 Å². The Labute approximate surface area is 44.9 Å². The predicted molar refractivity (Wildman–Crippen MR) is 23.7 cm³/mol. The zero-order valence-corrected chi connectivity index (χ0v) is 3.03. The van der Waals surface area contributed by atoms with Gasteiger partial charge >= 0.3 is 6.15 Å². The zero-order valence-electron chi connectivity index (χ0n) is 3.03. The van der Waals surface area contributed by atoms with Gasteiger partial charge in [0, 0.05) is 9.93 Å². The molecule has 0 aromatic rings. The summed E-state index contributed by atoms with van der Waals surface area (Å²) >= 11 is 0. The van der Waals surface area contributed by atoms with Gasteiger partial charge in [-0.25, -0.2) is 0 Å². The van der Waals surface area contributed by atoms with Crippen LogP contribution in [0, 0.1) is 9.93 Å². The van der Waals surface area contributed by atoms with Crippen LogP contribution in [0.1, 0.15) is 7.43 Å². The Morgan fingerprint density at radius 2 is 1.00 bits per heavy atom. The first-order valence-electron chi connectivity index (χ1n) is 0.775. The minimum Gasteiger partial charge on any atom is -0.255 e. The molecule has 0 saturated carbocycles. The highest BCUT2D eigenvalue weighted by molar-refractivity contribution is 5.20. The highest BCUT2D eigenvalue weighted by Crippen LogP contribution is 0.787. The van der Waals surface area contributed by atoms with E-state index in [1.165, 1.54) is 0 Å². The molecule has 8 heavy (non-hydrogen) atoms. The lowest BCUT2D eigenvalue weighted by molar-refractivity contribution is -0.191. The first-order valence-corrected chi connectivity index (χ1v) is 0.775. The Balaban J connectivity index is -0.0000000147. The third kappa shape index (κ3) is 61.6. The van der Waals surface area contributed by atoms with Crippen LogP contribution in [0.5, 0.6) is 0 Å². The van der Waals surface area contributed by atoms with Gasteiger partial charge in [-0.05, 0) is 0 Å². The van der Waals surface area contributed by atoms with Crippen LogP contribution in [0.4, 0.5) is 0 Å². The van der Waals surface area contributed by atoms with Gasteiger partial charge in [0.05, 0.1) is 0 Å². The van der Waals surface area contributed by atoms with E-state index in [9.17, 15) is 0 Å². The molecule has 6 heteroatoms. The largest absolute Gasteiger partial charge is 0.373 e. The summed E-state index contributed by atoms with van der Waals surface area (Å²) in [5, 5.41) is 12.0. The van der Waals surface area contributed by atoms with Crippen LogP contribution in [0.15, 0.2) is 0 Å². The van der Waals surface area contributed by atoms with Gasteiger partial charge in [-0.1, -0.05) is 7.43 Å². The Hall–Kier alpha value is -1.10. The SMILES string of the molecule is C.O=C=O.O=O.OO. The Morgan fingerprint density at radius 3 is 1.00 bits per heavy atom. The molecular weight excluding hydrogens is 120 g/mol. The Morgan fingerprint density at radius 1 is 1.00 bits per heavy atom. The number of rotatable bonds is 0. The molecule has 50 valence electrons. The summed E-state index contributed by atoms with van der Waals surface area (Å²) in [6.45, 7) is 0. The van der Waals surface area contributed by atoms with Crippen molar-refractivity contribution in [2.24, 2.45) is 0 Å². The molecule has 0 aliphatic carbocycles. The quantitative estimate of drug-likeness (QED) is 0.353. The van der Waals surface area contributed by atoms with E-state index in [2.05, 4.69) is 0 Å². The third-order valence-corrected chi connectivity index (χ3v) is 0. The van der Waals surface area contributed by atoms with E-state index >= 15 is 0 Å². The van der Waals surface area contributed by atoms with Gasteiger partial charge in [0.25, 0.3) is 0 Å². The van der Waals surface area contributed by atoms with Crippen molar-refractivity contribution in [3.63, 3.8) is 0 Å². The Kier molecular flexibility index (Phi) is 50600. The highest BCUT2D eigenvalue weighted by Gasteiger charge is 1.13. The van der Waals surface area contributed by atoms with Crippen molar-refractivity contribution in [1.82, 2.24) is 0 Å². The summed E-state index contributed by atoms with van der Waals surface area (Å²) in [6.07, 6.45) is 0.250. The highest BCUT2D eigenvalue weighted by atomic mass is 17.0. The molecule has 0 amide bonds. The van der Waals surface area contributed by atoms with E-state index in [4.69, 9.17) is 30.0 Å². The zero-order chi connectivity index (χ0) is 6.71. The van der Waals surface area contributed by atoms with Crippen molar-refractivity contribution in [3.8, 4) is 0 Å². The van der Waals surface area contributed by atoms with E-state index < -0.39 is 0 Å². The van der Waals surface area contributed by atoms with Crippen molar-refractivity contribution in [2.75, 3.05) is 0 Å². The fourth-order valence-electron chi connectivity index (χ4n) is 0. The van der Waals surface area contributed by atoms with Gasteiger partial charge in [-0.15, -0.1) is 0 Å². The molecule has 0 unspecified atom stereocenters. The molecule has 6 nitrogen and oxygen atoms in total. The van der Waals surface area contributed by atoms with Gasteiger partial charge < -0.3 is 0 Å². The molecule has 0 fully saturated rings. The summed E-state index contributed by atoms with van der Waals surface area (Å²) in [7, 11) is 0. The summed E-state index contributed by atoms with van der Waals surface area (Å²) in [5.41, 5.74) is 0. The van der Waals surface area contributed by atoms with E-state index in [0.717, 1.165) is 0 Å². The average molecular weight is 126 g/mol. The lowest BCUT2D eigenvalue weighted by Gasteiger charge is -1.25. The third-order valence-electron chi connectivity index (χ3n) is 0. The molecule has 0 radical (unpaired) electrons. The molecule has 2 N–H and O–H groups in total. The molecule has 0 heterocycles. The molecular formula is C2H6O6. The summed E-state index contributed by atoms with van der Waals surface area (Å²) in [4.78, 5) is 30.2. The van der Waals surface area contributed by atoms with E-state index in [1.54, 1.807) is 0 Å². The minimum absolute atomic E-state index is 0. The lowest BCUT2D eigenvalue weighted by Crippen LogP contribution is -1.29. The van der Waals surface area contributed by atoms with E-state index in [-0.39, 0.29) is 13.6 Å². The van der Waals surface area contributed by atoms with Gasteiger partial charge in [0.1, 0.15) is 0 Å². The Bertz CT molecular complexity index is 35.8. The van der Waals surface area contributed by atoms with Crippen LogP contribution >= 0.6 is 0 Å². The second-order valence-corrected chi connectivity index (χ2v) is 0.0833. The van der Waals surface area contributed by atoms with Gasteiger partial charge in [0.15, 0.2) is 0 Å². The summed E-state index contributed by atoms with van der Waals surface area (Å²) < 4.78 is 0. The molecule has 0 bridgehead atoms. The average Bonchev–Trinajstić information content (AvgIpc) is 1.78. The second-order valence-electron chi connectivity index (χ2n) is 0.0833. The second kappa shape index (κ2) is 14200. The monoisotopic (exact) mass is 126 g/mol. The number of hydrogen-bond donors (Lipinski definition) is 2. The molecule has 0 saturated heterocycles. The number of carbonyl (C=O) groups excluding carboxylic acids is 2. The molecule has 0 spiro atoms. The lowest BCUT2D eigenvalue weighted by atomic mass is 11.8. The van der Waals surface area contributed by atoms with Crippen molar-refractivity contribution < 1.29 is 20.1 Å². The van der Waals surface area contributed by atoms with Crippen LogP contribution in [0.3, 0.4) is 0 Å². The maximum absolute atomic E-state index is 8.12. The number of hydrogen-bond acceptors (Lipinski definition) is 6. The molecule has 0 aromatic heterocycles. The molecule has 0 atom stereocenters. The fraction of sp³-hybridized carbons (Fsp3) is 0.500. The van der Waals surface area contributed by atoms with E-state index in [0.29, 0.717) is 0 Å². The minimum atomic E-state index is 0. The van der Waals surface area contributed by atoms with Crippen LogP contribution in [0.2, 0.25) is 0 Å². The van der Waals surface area contributed by atoms with Gasteiger partial charge in [-0.3, -0.25) is 10.5 Å². The molecule has 0 aliphatic heterocycles. The van der Waals surface area contributed by atoms with E-state index in [1.807, 2.05) is 0 Å².